The van der Waals surface area contributed by atoms with Crippen molar-refractivity contribution in [1.82, 2.24) is 4.31 Å². The van der Waals surface area contributed by atoms with Crippen LogP contribution in [0.4, 0.5) is 5.00 Å². The minimum atomic E-state index is -4.05. The zero-order valence-electron chi connectivity index (χ0n) is 15.5. The summed E-state index contributed by atoms with van der Waals surface area (Å²) in [5, 5.41) is 20.2. The van der Waals surface area contributed by atoms with Gasteiger partial charge in [0.15, 0.2) is 0 Å². The van der Waals surface area contributed by atoms with Gasteiger partial charge in [0.05, 0.1) is 30.4 Å². The molecule has 0 saturated carbocycles. The van der Waals surface area contributed by atoms with Crippen molar-refractivity contribution in [2.45, 2.75) is 24.0 Å². The van der Waals surface area contributed by atoms with Gasteiger partial charge in [-0.1, -0.05) is 12.1 Å². The smallest absolute Gasteiger partial charge is 0.394 e. The minimum Gasteiger partial charge on any atom is -0.478 e. The van der Waals surface area contributed by atoms with E-state index < -0.39 is 39.9 Å². The van der Waals surface area contributed by atoms with E-state index in [0.29, 0.717) is 14.7 Å². The van der Waals surface area contributed by atoms with Gasteiger partial charge in [-0.3, -0.25) is 9.59 Å². The molecule has 2 aliphatic rings. The molecule has 2 aromatic rings. The molecule has 0 fully saturated rings. The lowest BCUT2D eigenvalue weighted by molar-refractivity contribution is -0.147. The fourth-order valence-corrected chi connectivity index (χ4v) is 6.25. The predicted molar refractivity (Wildman–Crippen MR) is 104 cm³/mol. The highest BCUT2D eigenvalue weighted by Crippen LogP contribution is 2.39. The molecule has 31 heavy (non-hydrogen) atoms. The van der Waals surface area contributed by atoms with Crippen molar-refractivity contribution >= 4 is 50.1 Å². The number of nitrogens with one attached hydrogen (secondary N) is 1. The van der Waals surface area contributed by atoms with Gasteiger partial charge >= 0.3 is 17.8 Å². The van der Waals surface area contributed by atoms with Crippen molar-refractivity contribution in [2.75, 3.05) is 11.9 Å². The van der Waals surface area contributed by atoms with Gasteiger partial charge in [-0.2, -0.15) is 0 Å². The van der Waals surface area contributed by atoms with Gasteiger partial charge in [0.2, 0.25) is 0 Å². The maximum absolute atomic E-state index is 12.7. The van der Waals surface area contributed by atoms with Gasteiger partial charge < -0.3 is 20.3 Å². The third-order valence-corrected chi connectivity index (χ3v) is 7.82. The summed E-state index contributed by atoms with van der Waals surface area (Å²) in [6.07, 6.45) is -0.859. The molecule has 13 heteroatoms. The number of thiophene rings is 1. The number of carbonyl (C=O) groups is 4. The summed E-state index contributed by atoms with van der Waals surface area (Å²) in [5.74, 6) is -5.22. The third-order valence-electron chi connectivity index (χ3n) is 4.89. The van der Waals surface area contributed by atoms with Crippen LogP contribution in [0.25, 0.3) is 0 Å². The first-order valence-corrected chi connectivity index (χ1v) is 11.1. The fourth-order valence-electron chi connectivity index (χ4n) is 3.51. The molecule has 0 bridgehead atoms. The van der Waals surface area contributed by atoms with E-state index >= 15 is 0 Å². The van der Waals surface area contributed by atoms with E-state index in [1.165, 1.54) is 18.2 Å². The monoisotopic (exact) mass is 466 g/mol. The first-order chi connectivity index (χ1) is 14.6. The lowest BCUT2D eigenvalue weighted by Crippen LogP contribution is -2.40. The van der Waals surface area contributed by atoms with Crippen molar-refractivity contribution in [3.05, 3.63) is 45.8 Å². The van der Waals surface area contributed by atoms with Crippen molar-refractivity contribution < 1.29 is 42.5 Å². The number of carbonyl (C=O) groups excluding carboxylic acids is 2. The van der Waals surface area contributed by atoms with Crippen molar-refractivity contribution in [3.63, 3.8) is 0 Å². The average Bonchev–Trinajstić information content (AvgIpc) is 3.16. The number of hydrogen-bond donors (Lipinski definition) is 3. The molecule has 4 rings (SSSR count). The minimum absolute atomic E-state index is 0.0357. The fraction of sp³-hybridized carbons (Fsp3) is 0.222. The molecule has 162 valence electrons. The molecule has 3 heterocycles. The molecule has 0 aliphatic carbocycles. The van der Waals surface area contributed by atoms with Crippen LogP contribution in [0.15, 0.2) is 29.2 Å². The number of aliphatic carboxylic acids is 1. The Labute approximate surface area is 178 Å². The van der Waals surface area contributed by atoms with Crippen LogP contribution in [-0.2, 0) is 37.4 Å². The third kappa shape index (κ3) is 3.45. The van der Waals surface area contributed by atoms with Crippen LogP contribution < -0.4 is 5.32 Å². The number of ether oxygens (including phenoxy) is 1. The van der Waals surface area contributed by atoms with Gasteiger partial charge in [0.1, 0.15) is 9.90 Å². The Bertz CT molecular complexity index is 1250. The first kappa shape index (κ1) is 21.0. The van der Waals surface area contributed by atoms with E-state index in [9.17, 15) is 32.7 Å². The van der Waals surface area contributed by atoms with E-state index in [1.54, 1.807) is 6.07 Å². The van der Waals surface area contributed by atoms with Crippen LogP contribution in [0.1, 0.15) is 31.2 Å². The van der Waals surface area contributed by atoms with E-state index in [4.69, 9.17) is 9.84 Å². The normalized spacial score (nSPS) is 18.9. The van der Waals surface area contributed by atoms with Crippen LogP contribution >= 0.6 is 11.3 Å². The lowest BCUT2D eigenvalue weighted by Gasteiger charge is -2.27. The molecule has 0 spiro atoms. The summed E-state index contributed by atoms with van der Waals surface area (Å²) in [6, 6.07) is 5.81. The van der Waals surface area contributed by atoms with E-state index in [1.807, 2.05) is 0 Å². The quantitative estimate of drug-likeness (QED) is 0.551. The Morgan fingerprint density at radius 3 is 2.58 bits per heavy atom. The van der Waals surface area contributed by atoms with Crippen LogP contribution in [0, 0.1) is 0 Å². The van der Waals surface area contributed by atoms with Crippen LogP contribution in [0.2, 0.25) is 0 Å². The molecule has 2 aliphatic heterocycles. The number of nitrogens with zero attached hydrogens (tertiary/aromatic N) is 1. The second-order valence-electron chi connectivity index (χ2n) is 6.75. The Balaban J connectivity index is 1.61. The summed E-state index contributed by atoms with van der Waals surface area (Å²) < 4.78 is 31.8. The van der Waals surface area contributed by atoms with Crippen LogP contribution in [0.5, 0.6) is 0 Å². The number of sulfonamides is 1. The second-order valence-corrected chi connectivity index (χ2v) is 9.68. The highest BCUT2D eigenvalue weighted by atomic mass is 32.2. The highest BCUT2D eigenvalue weighted by molar-refractivity contribution is 7.90. The number of rotatable bonds is 4. The van der Waals surface area contributed by atoms with Gasteiger partial charge in [-0.05, 0) is 17.7 Å². The lowest BCUT2D eigenvalue weighted by atomic mass is 10.0. The maximum Gasteiger partial charge on any atom is 0.394 e. The number of carboxylic acid groups (broad SMARTS) is 2. The van der Waals surface area contributed by atoms with Gasteiger partial charge in [0, 0.05) is 11.3 Å². The molecular weight excluding hydrogens is 452 g/mol. The Morgan fingerprint density at radius 1 is 1.23 bits per heavy atom. The van der Waals surface area contributed by atoms with Crippen molar-refractivity contribution in [1.29, 1.82) is 0 Å². The molecule has 1 atom stereocenters. The zero-order chi connectivity index (χ0) is 22.5. The second kappa shape index (κ2) is 7.44. The molecule has 1 aromatic heterocycles. The van der Waals surface area contributed by atoms with Gasteiger partial charge in [-0.15, -0.1) is 11.3 Å². The molecule has 0 saturated heterocycles. The SMILES string of the molecule is O=C(O)C(=O)Nc1sc2c(c1C(=O)O)CC(CN1C(=O)c3ccccc3S1(=O)=O)OC2. The summed E-state index contributed by atoms with van der Waals surface area (Å²) in [6.45, 7) is -0.399. The van der Waals surface area contributed by atoms with E-state index in [0.717, 1.165) is 11.3 Å². The summed E-state index contributed by atoms with van der Waals surface area (Å²) in [4.78, 5) is 47.0. The van der Waals surface area contributed by atoms with Crippen LogP contribution in [-0.4, -0.2) is 59.3 Å². The number of anilines is 1. The van der Waals surface area contributed by atoms with E-state index in [-0.39, 0.29) is 40.6 Å². The van der Waals surface area contributed by atoms with Crippen LogP contribution in [0.3, 0.4) is 0 Å². The van der Waals surface area contributed by atoms with Gasteiger partial charge in [0.25, 0.3) is 15.9 Å². The van der Waals surface area contributed by atoms with Crippen molar-refractivity contribution in [3.8, 4) is 0 Å². The number of benzene rings is 1. The highest BCUT2D eigenvalue weighted by Gasteiger charge is 2.43. The number of amides is 2. The molecule has 0 radical (unpaired) electrons. The average molecular weight is 466 g/mol. The summed E-state index contributed by atoms with van der Waals surface area (Å²) >= 11 is 0.871. The standard InChI is InChI=1S/C18H14N2O9S2/c21-14(18(25)26)19-15-13(17(23)24)10-5-8(29-7-11(10)30-15)6-20-16(22)9-3-1-2-4-12(9)31(20,27)28/h1-4,8H,5-7H2,(H,19,21)(H,23,24)(H,25,26). The number of fused-ring (bicyclic) bond motifs is 2. The topological polar surface area (TPSA) is 167 Å². The molecule has 3 N–H and O–H groups in total. The Hall–Kier alpha value is -3.29. The molecule has 11 nitrogen and oxygen atoms in total. The number of carboxylic acids is 2. The molecule has 2 amide bonds. The maximum atomic E-state index is 12.7. The van der Waals surface area contributed by atoms with Crippen molar-refractivity contribution in [2.24, 2.45) is 0 Å². The number of aromatic carboxylic acids is 1. The summed E-state index contributed by atoms with van der Waals surface area (Å²) in [7, 11) is -4.05. The Kier molecular flexibility index (Phi) is 5.03. The molecule has 1 aromatic carbocycles. The van der Waals surface area contributed by atoms with E-state index in [2.05, 4.69) is 5.32 Å². The van der Waals surface area contributed by atoms with Gasteiger partial charge in [-0.25, -0.2) is 22.3 Å². The number of hydrogen-bond acceptors (Lipinski definition) is 8. The largest absolute Gasteiger partial charge is 0.478 e. The predicted octanol–water partition coefficient (Wildman–Crippen LogP) is 0.755. The Morgan fingerprint density at radius 2 is 1.94 bits per heavy atom. The molecule has 1 unspecified atom stereocenters. The molecular formula is C18H14N2O9S2. The summed E-state index contributed by atoms with van der Waals surface area (Å²) in [5.41, 5.74) is 0.0808. The first-order valence-electron chi connectivity index (χ1n) is 8.81. The zero-order valence-corrected chi connectivity index (χ0v) is 17.2.